The first-order chi connectivity index (χ1) is 8.59. The van der Waals surface area contributed by atoms with Crippen molar-refractivity contribution in [3.63, 3.8) is 0 Å². The van der Waals surface area contributed by atoms with E-state index < -0.39 is 5.54 Å². The molecule has 0 aliphatic carbocycles. The van der Waals surface area contributed by atoms with Gasteiger partial charge in [0.25, 0.3) is 0 Å². The minimum absolute atomic E-state index is 0.615. The van der Waals surface area contributed by atoms with Crippen LogP contribution < -0.4 is 5.73 Å². The fourth-order valence-corrected chi connectivity index (χ4v) is 2.41. The zero-order chi connectivity index (χ0) is 13.4. The van der Waals surface area contributed by atoms with Crippen molar-refractivity contribution in [1.29, 1.82) is 5.26 Å². The highest BCUT2D eigenvalue weighted by Gasteiger charge is 2.21. The summed E-state index contributed by atoms with van der Waals surface area (Å²) in [7, 11) is 2.16. The highest BCUT2D eigenvalue weighted by molar-refractivity contribution is 5.03. The van der Waals surface area contributed by atoms with Gasteiger partial charge >= 0.3 is 0 Å². The quantitative estimate of drug-likeness (QED) is 0.710. The molecule has 1 aliphatic heterocycles. The number of rotatable bonds is 8. The lowest BCUT2D eigenvalue weighted by molar-refractivity contribution is 0.250. The first-order valence-electron chi connectivity index (χ1n) is 7.20. The Morgan fingerprint density at radius 2 is 2.00 bits per heavy atom. The number of nitriles is 1. The van der Waals surface area contributed by atoms with Gasteiger partial charge in [0.1, 0.15) is 5.54 Å². The van der Waals surface area contributed by atoms with E-state index in [4.69, 9.17) is 11.0 Å². The van der Waals surface area contributed by atoms with E-state index in [0.29, 0.717) is 0 Å². The fraction of sp³-hybridized carbons (Fsp3) is 0.929. The van der Waals surface area contributed by atoms with Crippen LogP contribution in [0.1, 0.15) is 39.0 Å². The number of nitrogens with two attached hydrogens (primary N) is 1. The van der Waals surface area contributed by atoms with Crippen LogP contribution in [0.3, 0.4) is 0 Å². The van der Waals surface area contributed by atoms with Crippen LogP contribution in [0.15, 0.2) is 0 Å². The first kappa shape index (κ1) is 15.4. The van der Waals surface area contributed by atoms with E-state index in [1.807, 2.05) is 6.92 Å². The Morgan fingerprint density at radius 1 is 1.33 bits per heavy atom. The van der Waals surface area contributed by atoms with E-state index in [9.17, 15) is 0 Å². The molecule has 1 saturated heterocycles. The molecule has 0 amide bonds. The van der Waals surface area contributed by atoms with Crippen molar-refractivity contribution >= 4 is 0 Å². The molecule has 0 radical (unpaired) electrons. The van der Waals surface area contributed by atoms with Gasteiger partial charge in [0.05, 0.1) is 6.07 Å². The largest absolute Gasteiger partial charge is 0.313 e. The molecule has 1 rings (SSSR count). The Labute approximate surface area is 112 Å². The van der Waals surface area contributed by atoms with Crippen molar-refractivity contribution in [1.82, 2.24) is 9.80 Å². The third kappa shape index (κ3) is 5.34. The third-order valence-electron chi connectivity index (χ3n) is 4.01. The van der Waals surface area contributed by atoms with Crippen molar-refractivity contribution in [3.8, 4) is 6.07 Å². The van der Waals surface area contributed by atoms with E-state index in [-0.39, 0.29) is 0 Å². The molecule has 0 bridgehead atoms. The van der Waals surface area contributed by atoms with Crippen molar-refractivity contribution in [2.45, 2.75) is 44.6 Å². The predicted molar refractivity (Wildman–Crippen MR) is 75.2 cm³/mol. The number of likely N-dealkylation sites (tertiary alicyclic amines) is 1. The van der Waals surface area contributed by atoms with Gasteiger partial charge in [-0.15, -0.1) is 0 Å². The highest BCUT2D eigenvalue weighted by Crippen LogP contribution is 2.13. The van der Waals surface area contributed by atoms with Crippen molar-refractivity contribution in [2.75, 3.05) is 39.8 Å². The molecule has 0 aromatic carbocycles. The summed E-state index contributed by atoms with van der Waals surface area (Å²) in [5.41, 5.74) is 5.35. The van der Waals surface area contributed by atoms with E-state index in [0.717, 1.165) is 32.4 Å². The smallest absolute Gasteiger partial charge is 0.104 e. The molecule has 0 saturated carbocycles. The zero-order valence-electron chi connectivity index (χ0n) is 12.0. The topological polar surface area (TPSA) is 56.3 Å². The number of likely N-dealkylation sites (N-methyl/N-ethyl adjacent to an activating group) is 1. The van der Waals surface area contributed by atoms with Crippen molar-refractivity contribution < 1.29 is 0 Å². The number of nitrogens with zero attached hydrogens (tertiary/aromatic N) is 3. The molecule has 1 atom stereocenters. The number of hydrogen-bond donors (Lipinski definition) is 1. The highest BCUT2D eigenvalue weighted by atomic mass is 15.2. The van der Waals surface area contributed by atoms with Gasteiger partial charge in [0.2, 0.25) is 0 Å². The van der Waals surface area contributed by atoms with Gasteiger partial charge in [-0.25, -0.2) is 0 Å². The van der Waals surface area contributed by atoms with Gasteiger partial charge in [-0.05, 0) is 58.8 Å². The molecule has 18 heavy (non-hydrogen) atoms. The molecular formula is C14H28N4. The number of hydrogen-bond acceptors (Lipinski definition) is 4. The van der Waals surface area contributed by atoms with Gasteiger partial charge in [-0.1, -0.05) is 6.92 Å². The minimum atomic E-state index is -0.615. The molecule has 1 unspecified atom stereocenters. The molecule has 0 aromatic rings. The molecule has 1 heterocycles. The molecule has 1 fully saturated rings. The van der Waals surface area contributed by atoms with Gasteiger partial charge in [-0.2, -0.15) is 5.26 Å². The zero-order valence-corrected chi connectivity index (χ0v) is 12.0. The van der Waals surface area contributed by atoms with E-state index in [2.05, 4.69) is 22.9 Å². The lowest BCUT2D eigenvalue weighted by atomic mass is 9.93. The molecule has 0 aromatic heterocycles. The van der Waals surface area contributed by atoms with Gasteiger partial charge in [-0.3, -0.25) is 0 Å². The Bertz CT molecular complexity index is 267. The standard InChI is InChI=1S/C14H28N4/c1-3-14(16,13-15)7-6-8-17(2)11-12-18-9-4-5-10-18/h3-12,16H2,1-2H3. The van der Waals surface area contributed by atoms with Crippen LogP contribution in [0.4, 0.5) is 0 Å². The third-order valence-corrected chi connectivity index (χ3v) is 4.01. The second-order valence-corrected chi connectivity index (χ2v) is 5.58. The Hall–Kier alpha value is -0.630. The Balaban J connectivity index is 2.09. The second kappa shape index (κ2) is 7.73. The predicted octanol–water partition coefficient (Wildman–Crippen LogP) is 1.43. The lowest BCUT2D eigenvalue weighted by Crippen LogP contribution is -2.38. The van der Waals surface area contributed by atoms with E-state index in [1.54, 1.807) is 0 Å². The van der Waals surface area contributed by atoms with E-state index >= 15 is 0 Å². The molecular weight excluding hydrogens is 224 g/mol. The monoisotopic (exact) mass is 252 g/mol. The normalized spacial score (nSPS) is 19.9. The summed E-state index contributed by atoms with van der Waals surface area (Å²) in [5.74, 6) is 0. The molecule has 1 aliphatic rings. The molecule has 2 N–H and O–H groups in total. The molecule has 0 spiro atoms. The average Bonchev–Trinajstić information content (AvgIpc) is 2.89. The van der Waals surface area contributed by atoms with E-state index in [1.165, 1.54) is 32.5 Å². The van der Waals surface area contributed by atoms with Crippen LogP contribution in [0.5, 0.6) is 0 Å². The van der Waals surface area contributed by atoms with Crippen molar-refractivity contribution in [3.05, 3.63) is 0 Å². The maximum absolute atomic E-state index is 9.00. The maximum Gasteiger partial charge on any atom is 0.104 e. The molecule has 4 nitrogen and oxygen atoms in total. The van der Waals surface area contributed by atoms with Crippen LogP contribution in [-0.4, -0.2) is 55.1 Å². The van der Waals surface area contributed by atoms with Gasteiger partial charge in [0.15, 0.2) is 0 Å². The molecule has 104 valence electrons. The summed E-state index contributed by atoms with van der Waals surface area (Å²) in [5, 5.41) is 9.00. The Morgan fingerprint density at radius 3 is 2.56 bits per heavy atom. The molecule has 4 heteroatoms. The average molecular weight is 252 g/mol. The first-order valence-corrected chi connectivity index (χ1v) is 7.20. The summed E-state index contributed by atoms with van der Waals surface area (Å²) in [6, 6.07) is 2.23. The van der Waals surface area contributed by atoms with Crippen LogP contribution in [0.25, 0.3) is 0 Å². The summed E-state index contributed by atoms with van der Waals surface area (Å²) in [4.78, 5) is 4.89. The Kier molecular flexibility index (Phi) is 6.62. The van der Waals surface area contributed by atoms with Gasteiger partial charge < -0.3 is 15.5 Å². The SMILES string of the molecule is CCC(N)(C#N)CCCN(C)CCN1CCCC1. The summed E-state index contributed by atoms with van der Waals surface area (Å²) in [6.07, 6.45) is 5.26. The van der Waals surface area contributed by atoms with Crippen LogP contribution in [-0.2, 0) is 0 Å². The van der Waals surface area contributed by atoms with Crippen LogP contribution >= 0.6 is 0 Å². The lowest BCUT2D eigenvalue weighted by Gasteiger charge is -2.23. The van der Waals surface area contributed by atoms with Crippen LogP contribution in [0.2, 0.25) is 0 Å². The summed E-state index contributed by atoms with van der Waals surface area (Å²) in [6.45, 7) is 7.86. The summed E-state index contributed by atoms with van der Waals surface area (Å²) < 4.78 is 0. The maximum atomic E-state index is 9.00. The van der Waals surface area contributed by atoms with Crippen LogP contribution in [0, 0.1) is 11.3 Å². The fourth-order valence-electron chi connectivity index (χ4n) is 2.41. The van der Waals surface area contributed by atoms with Crippen molar-refractivity contribution in [2.24, 2.45) is 5.73 Å². The minimum Gasteiger partial charge on any atom is -0.313 e. The van der Waals surface area contributed by atoms with Gasteiger partial charge in [0, 0.05) is 13.1 Å². The second-order valence-electron chi connectivity index (χ2n) is 5.58. The summed E-state index contributed by atoms with van der Waals surface area (Å²) >= 11 is 0.